The van der Waals surface area contributed by atoms with Crippen LogP contribution in [0.5, 0.6) is 0 Å². The lowest BCUT2D eigenvalue weighted by Crippen LogP contribution is -1.88. The fourth-order valence-electron chi connectivity index (χ4n) is 0.660. The van der Waals surface area contributed by atoms with Crippen molar-refractivity contribution in [2.75, 3.05) is 0 Å². The van der Waals surface area contributed by atoms with Gasteiger partial charge in [0.1, 0.15) is 0 Å². The van der Waals surface area contributed by atoms with Crippen LogP contribution in [-0.2, 0) is 0 Å². The Morgan fingerprint density at radius 2 is 2.33 bits per heavy atom. The van der Waals surface area contributed by atoms with Crippen molar-refractivity contribution in [2.45, 2.75) is 6.42 Å². The second kappa shape index (κ2) is 3.13. The van der Waals surface area contributed by atoms with E-state index in [0.717, 1.165) is 6.42 Å². The van der Waals surface area contributed by atoms with Crippen LogP contribution in [0.2, 0.25) is 0 Å². The first-order valence-corrected chi connectivity index (χ1v) is 3.01. The van der Waals surface area contributed by atoms with Crippen molar-refractivity contribution in [3.8, 4) is 0 Å². The van der Waals surface area contributed by atoms with Crippen LogP contribution in [0, 0.1) is 6.92 Å². The Morgan fingerprint density at radius 3 is 3.11 bits per heavy atom. The molecule has 1 radical (unpaired) electrons. The summed E-state index contributed by atoms with van der Waals surface area (Å²) in [5, 5.41) is 2.97. The van der Waals surface area contributed by atoms with E-state index in [2.05, 4.69) is 12.2 Å². The zero-order chi connectivity index (χ0) is 6.53. The zero-order valence-corrected chi connectivity index (χ0v) is 5.30. The van der Waals surface area contributed by atoms with Gasteiger partial charge < -0.3 is 5.32 Å². The first-order valence-electron chi connectivity index (χ1n) is 3.01. The maximum absolute atomic E-state index is 3.77. The Bertz CT molecular complexity index is 163. The average molecular weight is 120 g/mol. The third-order valence-corrected chi connectivity index (χ3v) is 1.19. The quantitative estimate of drug-likeness (QED) is 0.556. The van der Waals surface area contributed by atoms with E-state index in [1.165, 1.54) is 5.57 Å². The Balaban J connectivity index is 2.67. The normalized spacial score (nSPS) is 16.3. The van der Waals surface area contributed by atoms with Gasteiger partial charge in [-0.2, -0.15) is 0 Å². The molecule has 1 N–H and O–H groups in total. The summed E-state index contributed by atoms with van der Waals surface area (Å²) < 4.78 is 0. The van der Waals surface area contributed by atoms with Gasteiger partial charge in [-0.1, -0.05) is 6.08 Å². The lowest BCUT2D eigenvalue weighted by atomic mass is 10.2. The third-order valence-electron chi connectivity index (χ3n) is 1.19. The van der Waals surface area contributed by atoms with E-state index in [1.54, 1.807) is 0 Å². The fourth-order valence-corrected chi connectivity index (χ4v) is 0.660. The van der Waals surface area contributed by atoms with Crippen molar-refractivity contribution in [1.29, 1.82) is 0 Å². The topological polar surface area (TPSA) is 12.0 Å². The number of rotatable bonds is 1. The molecule has 1 aliphatic rings. The number of hydrogen-bond donors (Lipinski definition) is 1. The van der Waals surface area contributed by atoms with Crippen LogP contribution in [-0.4, -0.2) is 0 Å². The minimum Gasteiger partial charge on any atom is -0.368 e. The van der Waals surface area contributed by atoms with Gasteiger partial charge in [0.05, 0.1) is 0 Å². The summed E-state index contributed by atoms with van der Waals surface area (Å²) in [6.45, 7) is 3.77. The van der Waals surface area contributed by atoms with Crippen molar-refractivity contribution in [3.05, 3.63) is 43.1 Å². The highest BCUT2D eigenvalue weighted by Gasteiger charge is 1.85. The fraction of sp³-hybridized carbons (Fsp3) is 0.125. The summed E-state index contributed by atoms with van der Waals surface area (Å²) in [4.78, 5) is 0. The molecule has 9 heavy (non-hydrogen) atoms. The molecule has 0 aliphatic carbocycles. The van der Waals surface area contributed by atoms with Gasteiger partial charge >= 0.3 is 0 Å². The SMILES string of the molecule is [CH2]CC1=CC=CNC=C1. The van der Waals surface area contributed by atoms with Crippen molar-refractivity contribution in [3.63, 3.8) is 0 Å². The molecule has 0 unspecified atom stereocenters. The molecule has 0 saturated carbocycles. The van der Waals surface area contributed by atoms with E-state index >= 15 is 0 Å². The third kappa shape index (κ3) is 1.76. The smallest absolute Gasteiger partial charge is 0.000717 e. The maximum Gasteiger partial charge on any atom is 0.000717 e. The molecule has 1 rings (SSSR count). The zero-order valence-electron chi connectivity index (χ0n) is 5.30. The number of allylic oxidation sites excluding steroid dienone is 4. The maximum atomic E-state index is 3.77. The first kappa shape index (κ1) is 6.14. The number of nitrogens with one attached hydrogen (secondary N) is 1. The summed E-state index contributed by atoms with van der Waals surface area (Å²) >= 11 is 0. The van der Waals surface area contributed by atoms with Gasteiger partial charge in [-0.05, 0) is 31.1 Å². The molecule has 47 valence electrons. The molecule has 0 fully saturated rings. The van der Waals surface area contributed by atoms with Crippen molar-refractivity contribution < 1.29 is 0 Å². The van der Waals surface area contributed by atoms with Crippen LogP contribution < -0.4 is 5.32 Å². The molecular formula is C8H10N. The van der Waals surface area contributed by atoms with Gasteiger partial charge in [0.2, 0.25) is 0 Å². The molecule has 0 aromatic heterocycles. The second-order valence-corrected chi connectivity index (χ2v) is 1.85. The molecule has 1 nitrogen and oxygen atoms in total. The van der Waals surface area contributed by atoms with Gasteiger partial charge in [-0.25, -0.2) is 0 Å². The Hall–Kier alpha value is -0.980. The molecule has 1 aliphatic heterocycles. The van der Waals surface area contributed by atoms with Crippen LogP contribution in [0.1, 0.15) is 6.42 Å². The molecule has 1 heterocycles. The summed E-state index contributed by atoms with van der Waals surface area (Å²) in [6, 6.07) is 0. The summed E-state index contributed by atoms with van der Waals surface area (Å²) in [5.41, 5.74) is 1.25. The van der Waals surface area contributed by atoms with E-state index in [0.29, 0.717) is 0 Å². The molecular weight excluding hydrogens is 110 g/mol. The molecule has 0 aromatic carbocycles. The standard InChI is InChI=1S/C8H10N/c1-2-8-4-3-6-9-7-5-8/h3-7,9H,1-2H2. The summed E-state index contributed by atoms with van der Waals surface area (Å²) in [7, 11) is 0. The molecule has 0 bridgehead atoms. The molecule has 0 atom stereocenters. The predicted molar refractivity (Wildman–Crippen MR) is 39.5 cm³/mol. The predicted octanol–water partition coefficient (Wildman–Crippen LogP) is 1.77. The van der Waals surface area contributed by atoms with Crippen LogP contribution in [0.15, 0.2) is 36.2 Å². The highest BCUT2D eigenvalue weighted by atomic mass is 14.8. The minimum absolute atomic E-state index is 0.850. The van der Waals surface area contributed by atoms with Gasteiger partial charge in [0.25, 0.3) is 0 Å². The lowest BCUT2D eigenvalue weighted by molar-refractivity contribution is 1.19. The number of hydrogen-bond acceptors (Lipinski definition) is 1. The molecule has 0 amide bonds. The Morgan fingerprint density at radius 1 is 1.44 bits per heavy atom. The van der Waals surface area contributed by atoms with Crippen LogP contribution in [0.3, 0.4) is 0 Å². The van der Waals surface area contributed by atoms with E-state index in [-0.39, 0.29) is 0 Å². The highest BCUT2D eigenvalue weighted by molar-refractivity contribution is 5.26. The van der Waals surface area contributed by atoms with Gasteiger partial charge in [0, 0.05) is 12.4 Å². The Kier molecular flexibility index (Phi) is 2.13. The molecule has 1 heteroatoms. The van der Waals surface area contributed by atoms with Gasteiger partial charge in [-0.15, -0.1) is 0 Å². The van der Waals surface area contributed by atoms with Crippen molar-refractivity contribution in [2.24, 2.45) is 0 Å². The lowest BCUT2D eigenvalue weighted by Gasteiger charge is -1.89. The minimum atomic E-state index is 0.850. The average Bonchev–Trinajstić information content (AvgIpc) is 2.13. The second-order valence-electron chi connectivity index (χ2n) is 1.85. The van der Waals surface area contributed by atoms with Crippen molar-refractivity contribution in [1.82, 2.24) is 5.32 Å². The van der Waals surface area contributed by atoms with Crippen LogP contribution >= 0.6 is 0 Å². The summed E-state index contributed by atoms with van der Waals surface area (Å²) in [6.07, 6.45) is 10.7. The van der Waals surface area contributed by atoms with E-state index in [4.69, 9.17) is 0 Å². The molecule has 0 spiro atoms. The first-order chi connectivity index (χ1) is 4.43. The van der Waals surface area contributed by atoms with Crippen LogP contribution in [0.4, 0.5) is 0 Å². The monoisotopic (exact) mass is 120 g/mol. The summed E-state index contributed by atoms with van der Waals surface area (Å²) in [5.74, 6) is 0. The highest BCUT2D eigenvalue weighted by Crippen LogP contribution is 2.02. The Labute approximate surface area is 55.8 Å². The molecule has 0 saturated heterocycles. The van der Waals surface area contributed by atoms with E-state index in [1.807, 2.05) is 30.6 Å². The van der Waals surface area contributed by atoms with E-state index < -0.39 is 0 Å². The van der Waals surface area contributed by atoms with Gasteiger partial charge in [0.15, 0.2) is 0 Å². The van der Waals surface area contributed by atoms with Crippen molar-refractivity contribution >= 4 is 0 Å². The largest absolute Gasteiger partial charge is 0.368 e. The van der Waals surface area contributed by atoms with Gasteiger partial charge in [-0.3, -0.25) is 0 Å². The molecule has 0 aromatic rings. The van der Waals surface area contributed by atoms with E-state index in [9.17, 15) is 0 Å². The van der Waals surface area contributed by atoms with Crippen LogP contribution in [0.25, 0.3) is 0 Å².